The second-order valence-corrected chi connectivity index (χ2v) is 10.4. The number of ether oxygens (including phenoxy) is 1. The minimum atomic E-state index is -5.73. The maximum atomic E-state index is 12.1. The van der Waals surface area contributed by atoms with Crippen LogP contribution in [0, 0.1) is 0 Å². The fourth-order valence-corrected chi connectivity index (χ4v) is 5.47. The standard InChI is InChI=1S/C11H18N3O14P3/c1-2-6-3-14(10(16)13-9(6)12)11(17)5-25-7(8(11)15)4-26-30(21,22)28-31(23,24)27-29(18,19)20/h2-3,7-8,15,17H,1,4-5H2,(H,21,22)(H,23,24)(H2,12,13,16)(H2,18,19,20). The zero-order valence-electron chi connectivity index (χ0n) is 15.2. The summed E-state index contributed by atoms with van der Waals surface area (Å²) in [6, 6.07) is 0. The molecule has 1 aliphatic rings. The summed E-state index contributed by atoms with van der Waals surface area (Å²) in [4.78, 5) is 51.0. The van der Waals surface area contributed by atoms with Gasteiger partial charge in [0, 0.05) is 11.8 Å². The van der Waals surface area contributed by atoms with E-state index in [1.54, 1.807) is 0 Å². The molecule has 0 aliphatic carbocycles. The van der Waals surface area contributed by atoms with Crippen molar-refractivity contribution in [3.8, 4) is 0 Å². The number of rotatable bonds is 9. The van der Waals surface area contributed by atoms with Crippen LogP contribution in [-0.2, 0) is 37.3 Å². The van der Waals surface area contributed by atoms with E-state index in [1.165, 1.54) is 6.08 Å². The number of hydrogen-bond acceptors (Lipinski definition) is 12. The maximum absolute atomic E-state index is 12.1. The second kappa shape index (κ2) is 8.92. The Balaban J connectivity index is 2.13. The first kappa shape index (κ1) is 26.0. The predicted octanol–water partition coefficient (Wildman–Crippen LogP) is -1.78. The fourth-order valence-electron chi connectivity index (χ4n) is 2.44. The normalized spacial score (nSPS) is 28.1. The monoisotopic (exact) mass is 509 g/mol. The minimum absolute atomic E-state index is 0.136. The quantitative estimate of drug-likeness (QED) is 0.181. The zero-order chi connectivity index (χ0) is 23.8. The largest absolute Gasteiger partial charge is 0.490 e. The molecule has 31 heavy (non-hydrogen) atoms. The number of aromatic nitrogens is 2. The van der Waals surface area contributed by atoms with E-state index >= 15 is 0 Å². The van der Waals surface area contributed by atoms with Crippen LogP contribution >= 0.6 is 23.5 Å². The summed E-state index contributed by atoms with van der Waals surface area (Å²) in [5.74, 6) is -0.197. The van der Waals surface area contributed by atoms with E-state index in [0.29, 0.717) is 4.57 Å². The molecule has 0 amide bonds. The smallest absolute Gasteiger partial charge is 0.385 e. The summed E-state index contributed by atoms with van der Waals surface area (Å²) < 4.78 is 50.7. The van der Waals surface area contributed by atoms with Gasteiger partial charge in [-0.1, -0.05) is 12.7 Å². The molecule has 0 radical (unpaired) electrons. The molecule has 20 heteroatoms. The SMILES string of the molecule is C=Cc1cn(C2(O)COC(COP(=O)(O)OP(=O)(O)OP(=O)(O)O)C2O)c(=O)nc1N. The molecule has 2 heterocycles. The van der Waals surface area contributed by atoms with Crippen LogP contribution in [0.25, 0.3) is 6.08 Å². The molecule has 0 bridgehead atoms. The van der Waals surface area contributed by atoms with Crippen molar-refractivity contribution in [3.05, 3.63) is 28.8 Å². The van der Waals surface area contributed by atoms with Gasteiger partial charge in [0.05, 0.1) is 13.2 Å². The molecule has 0 aromatic carbocycles. The number of phosphoric acid groups is 3. The molecule has 17 nitrogen and oxygen atoms in total. The van der Waals surface area contributed by atoms with Crippen molar-refractivity contribution in [3.63, 3.8) is 0 Å². The molecule has 1 aliphatic heterocycles. The second-order valence-electron chi connectivity index (χ2n) is 6.00. The Hall–Kier alpha value is -1.29. The Kier molecular flexibility index (Phi) is 7.47. The van der Waals surface area contributed by atoms with Gasteiger partial charge in [-0.2, -0.15) is 13.6 Å². The van der Waals surface area contributed by atoms with Gasteiger partial charge in [-0.25, -0.2) is 18.5 Å². The summed E-state index contributed by atoms with van der Waals surface area (Å²) in [5.41, 5.74) is 2.17. The van der Waals surface area contributed by atoms with E-state index in [2.05, 4.69) is 24.7 Å². The van der Waals surface area contributed by atoms with Crippen LogP contribution in [0.15, 0.2) is 17.6 Å². The maximum Gasteiger partial charge on any atom is 0.490 e. The molecule has 5 atom stereocenters. The van der Waals surface area contributed by atoms with Gasteiger partial charge >= 0.3 is 29.2 Å². The Bertz CT molecular complexity index is 1050. The zero-order valence-corrected chi connectivity index (χ0v) is 17.9. The highest BCUT2D eigenvalue weighted by Gasteiger charge is 2.51. The third-order valence-corrected chi connectivity index (χ3v) is 7.58. The molecule has 0 spiro atoms. The van der Waals surface area contributed by atoms with Crippen LogP contribution in [0.5, 0.6) is 0 Å². The van der Waals surface area contributed by atoms with E-state index in [9.17, 15) is 33.6 Å². The number of anilines is 1. The summed E-state index contributed by atoms with van der Waals surface area (Å²) in [7, 11) is -16.8. The molecular weight excluding hydrogens is 491 g/mol. The number of nitrogens with zero attached hydrogens (tertiary/aromatic N) is 2. The molecule has 5 unspecified atom stereocenters. The van der Waals surface area contributed by atoms with Crippen molar-refractivity contribution in [2.75, 3.05) is 18.9 Å². The first-order valence-corrected chi connectivity index (χ1v) is 12.3. The van der Waals surface area contributed by atoms with Crippen molar-refractivity contribution in [1.82, 2.24) is 9.55 Å². The summed E-state index contributed by atoms with van der Waals surface area (Å²) in [5, 5.41) is 21.1. The summed E-state index contributed by atoms with van der Waals surface area (Å²) in [6.45, 7) is 1.68. The first-order chi connectivity index (χ1) is 14.0. The third kappa shape index (κ3) is 6.37. The van der Waals surface area contributed by atoms with Gasteiger partial charge in [-0.05, 0) is 0 Å². The average molecular weight is 509 g/mol. The average Bonchev–Trinajstić information content (AvgIpc) is 2.86. The van der Waals surface area contributed by atoms with Crippen LogP contribution in [0.1, 0.15) is 5.56 Å². The number of nitrogen functional groups attached to an aromatic ring is 1. The van der Waals surface area contributed by atoms with Gasteiger partial charge in [0.15, 0.2) is 5.72 Å². The Morgan fingerprint density at radius 1 is 1.29 bits per heavy atom. The van der Waals surface area contributed by atoms with Gasteiger partial charge in [0.1, 0.15) is 18.0 Å². The lowest BCUT2D eigenvalue weighted by atomic mass is 10.1. The predicted molar refractivity (Wildman–Crippen MR) is 98.8 cm³/mol. The van der Waals surface area contributed by atoms with Gasteiger partial charge < -0.3 is 40.3 Å². The van der Waals surface area contributed by atoms with E-state index < -0.39 is 60.3 Å². The highest BCUT2D eigenvalue weighted by Crippen LogP contribution is 2.66. The lowest BCUT2D eigenvalue weighted by molar-refractivity contribution is -0.115. The topological polar surface area (TPSA) is 270 Å². The van der Waals surface area contributed by atoms with E-state index in [4.69, 9.17) is 25.2 Å². The molecule has 2 rings (SSSR count). The summed E-state index contributed by atoms with van der Waals surface area (Å²) in [6.07, 6.45) is -1.28. The fraction of sp³-hybridized carbons (Fsp3) is 0.455. The van der Waals surface area contributed by atoms with Crippen molar-refractivity contribution >= 4 is 35.4 Å². The Labute approximate surface area is 172 Å². The van der Waals surface area contributed by atoms with Gasteiger partial charge in [-0.15, -0.1) is 0 Å². The van der Waals surface area contributed by atoms with Crippen molar-refractivity contribution in [1.29, 1.82) is 0 Å². The summed E-state index contributed by atoms with van der Waals surface area (Å²) >= 11 is 0. The lowest BCUT2D eigenvalue weighted by Gasteiger charge is -2.28. The Morgan fingerprint density at radius 2 is 1.90 bits per heavy atom. The van der Waals surface area contributed by atoms with Crippen LogP contribution in [0.4, 0.5) is 5.82 Å². The molecule has 1 aromatic rings. The first-order valence-electron chi connectivity index (χ1n) is 7.82. The number of hydrogen-bond donors (Lipinski definition) is 7. The number of aliphatic hydroxyl groups excluding tert-OH is 1. The van der Waals surface area contributed by atoms with Crippen LogP contribution in [0.2, 0.25) is 0 Å². The van der Waals surface area contributed by atoms with Crippen molar-refractivity contribution in [2.24, 2.45) is 0 Å². The third-order valence-electron chi connectivity index (χ3n) is 3.78. The van der Waals surface area contributed by atoms with Crippen LogP contribution in [-0.4, -0.2) is 64.8 Å². The molecule has 0 saturated carbocycles. The van der Waals surface area contributed by atoms with E-state index in [0.717, 1.165) is 6.20 Å². The van der Waals surface area contributed by atoms with Crippen LogP contribution in [0.3, 0.4) is 0 Å². The van der Waals surface area contributed by atoms with Gasteiger partial charge in [0.25, 0.3) is 0 Å². The molecule has 1 aromatic heterocycles. The van der Waals surface area contributed by atoms with Gasteiger partial charge in [0.2, 0.25) is 0 Å². The van der Waals surface area contributed by atoms with Crippen molar-refractivity contribution < 1.29 is 61.4 Å². The van der Waals surface area contributed by atoms with Crippen molar-refractivity contribution in [2.45, 2.75) is 17.9 Å². The van der Waals surface area contributed by atoms with E-state index in [-0.39, 0.29) is 11.4 Å². The molecular formula is C11H18N3O14P3. The number of phosphoric ester groups is 1. The Morgan fingerprint density at radius 3 is 2.45 bits per heavy atom. The number of aliphatic hydroxyl groups is 2. The molecule has 1 saturated heterocycles. The number of nitrogens with two attached hydrogens (primary N) is 1. The van der Waals surface area contributed by atoms with Crippen LogP contribution < -0.4 is 11.4 Å². The molecule has 8 N–H and O–H groups in total. The molecule has 1 fully saturated rings. The minimum Gasteiger partial charge on any atom is -0.385 e. The lowest BCUT2D eigenvalue weighted by Crippen LogP contribution is -2.52. The van der Waals surface area contributed by atoms with Gasteiger partial charge in [-0.3, -0.25) is 9.09 Å². The van der Waals surface area contributed by atoms with E-state index in [1.807, 2.05) is 0 Å². The highest BCUT2D eigenvalue weighted by atomic mass is 31.3. The molecule has 176 valence electrons. The highest BCUT2D eigenvalue weighted by molar-refractivity contribution is 7.66.